The Bertz CT molecular complexity index is 641. The molecular weight excluding hydrogens is 302 g/mol. The van der Waals surface area contributed by atoms with Crippen LogP contribution < -0.4 is 16.2 Å². The third kappa shape index (κ3) is 3.17. The molecule has 0 saturated carbocycles. The van der Waals surface area contributed by atoms with Crippen molar-refractivity contribution in [3.63, 3.8) is 0 Å². The van der Waals surface area contributed by atoms with Crippen LogP contribution in [0.15, 0.2) is 6.33 Å². The minimum absolute atomic E-state index is 0.0875. The summed E-state index contributed by atoms with van der Waals surface area (Å²) in [6.07, 6.45) is 2.30. The normalized spacial score (nSPS) is 16.8. The van der Waals surface area contributed by atoms with Gasteiger partial charge in [-0.2, -0.15) is 4.31 Å². The van der Waals surface area contributed by atoms with Crippen molar-refractivity contribution in [2.45, 2.75) is 0 Å². The molecule has 1 saturated heterocycles. The van der Waals surface area contributed by atoms with Crippen LogP contribution >= 0.6 is 0 Å². The van der Waals surface area contributed by atoms with E-state index in [-0.39, 0.29) is 30.4 Å². The molecule has 0 radical (unpaired) electrons. The molecule has 3 N–H and O–H groups in total. The lowest BCUT2D eigenvalue weighted by Crippen LogP contribution is -2.48. The number of piperazine rings is 1. The van der Waals surface area contributed by atoms with Crippen LogP contribution in [0.4, 0.5) is 17.3 Å². The summed E-state index contributed by atoms with van der Waals surface area (Å²) in [5, 5.41) is 11.2. The van der Waals surface area contributed by atoms with Gasteiger partial charge in [0.05, 0.1) is 11.2 Å². The van der Waals surface area contributed by atoms with E-state index in [9.17, 15) is 18.5 Å². The molecule has 0 atom stereocenters. The topological polar surface area (TPSA) is 148 Å². The molecule has 1 fully saturated rings. The van der Waals surface area contributed by atoms with E-state index in [1.54, 1.807) is 4.90 Å². The minimum Gasteiger partial charge on any atom is -0.348 e. The molecule has 2 heterocycles. The van der Waals surface area contributed by atoms with Crippen molar-refractivity contribution in [1.29, 1.82) is 0 Å². The Morgan fingerprint density at radius 1 is 1.33 bits per heavy atom. The molecule has 11 nitrogen and oxygen atoms in total. The maximum Gasteiger partial charge on any atom is 0.354 e. The van der Waals surface area contributed by atoms with E-state index in [4.69, 9.17) is 5.84 Å². The van der Waals surface area contributed by atoms with Crippen LogP contribution in [0, 0.1) is 10.1 Å². The summed E-state index contributed by atoms with van der Waals surface area (Å²) in [5.74, 6) is 5.25. The summed E-state index contributed by atoms with van der Waals surface area (Å²) in [6, 6.07) is 0. The standard InChI is InChI=1S/C9H15N7O4S/c1-21(19,20)15-4-2-14(3-5-15)9-7(16(17)18)8(13-10)11-6-12-9/h6H,2-5,10H2,1H3,(H,11,12,13). The van der Waals surface area contributed by atoms with Crippen molar-refractivity contribution in [2.24, 2.45) is 5.84 Å². The SMILES string of the molecule is CS(=O)(=O)N1CCN(c2ncnc(NN)c2[N+](=O)[O-])CC1. The summed E-state index contributed by atoms with van der Waals surface area (Å²) in [5.41, 5.74) is 1.84. The molecule has 2 rings (SSSR count). The highest BCUT2D eigenvalue weighted by atomic mass is 32.2. The lowest BCUT2D eigenvalue weighted by Gasteiger charge is -2.33. The Morgan fingerprint density at radius 2 is 1.95 bits per heavy atom. The van der Waals surface area contributed by atoms with Crippen molar-refractivity contribution in [3.05, 3.63) is 16.4 Å². The van der Waals surface area contributed by atoms with E-state index < -0.39 is 14.9 Å². The fraction of sp³-hybridized carbons (Fsp3) is 0.556. The number of anilines is 2. The molecule has 1 aliphatic rings. The molecule has 21 heavy (non-hydrogen) atoms. The third-order valence-corrected chi connectivity index (χ3v) is 4.43. The van der Waals surface area contributed by atoms with Crippen molar-refractivity contribution in [3.8, 4) is 0 Å². The van der Waals surface area contributed by atoms with Gasteiger partial charge >= 0.3 is 5.69 Å². The molecule has 0 aromatic carbocycles. The summed E-state index contributed by atoms with van der Waals surface area (Å²) >= 11 is 0. The zero-order valence-electron chi connectivity index (χ0n) is 11.3. The second-order valence-electron chi connectivity index (χ2n) is 4.45. The Kier molecular flexibility index (Phi) is 4.20. The van der Waals surface area contributed by atoms with Crippen LogP contribution in [0.2, 0.25) is 0 Å². The second-order valence-corrected chi connectivity index (χ2v) is 6.43. The first-order chi connectivity index (χ1) is 9.84. The van der Waals surface area contributed by atoms with E-state index >= 15 is 0 Å². The molecule has 0 spiro atoms. The van der Waals surface area contributed by atoms with Crippen LogP contribution in [0.25, 0.3) is 0 Å². The van der Waals surface area contributed by atoms with Crippen LogP contribution in [0.3, 0.4) is 0 Å². The number of nitro groups is 1. The predicted octanol–water partition coefficient (Wildman–Crippen LogP) is -1.25. The molecule has 1 aromatic rings. The summed E-state index contributed by atoms with van der Waals surface area (Å²) < 4.78 is 24.2. The van der Waals surface area contributed by atoms with Crippen LogP contribution in [0.1, 0.15) is 0 Å². The van der Waals surface area contributed by atoms with E-state index in [0.717, 1.165) is 6.26 Å². The van der Waals surface area contributed by atoms with E-state index in [1.165, 1.54) is 10.6 Å². The van der Waals surface area contributed by atoms with E-state index in [1.807, 2.05) is 0 Å². The van der Waals surface area contributed by atoms with Gasteiger partial charge in [-0.15, -0.1) is 0 Å². The highest BCUT2D eigenvalue weighted by Crippen LogP contribution is 2.31. The smallest absolute Gasteiger partial charge is 0.348 e. The fourth-order valence-corrected chi connectivity index (χ4v) is 2.93. The van der Waals surface area contributed by atoms with Gasteiger partial charge in [0.15, 0.2) is 0 Å². The maximum absolute atomic E-state index is 11.5. The van der Waals surface area contributed by atoms with Gasteiger partial charge in [-0.05, 0) is 0 Å². The van der Waals surface area contributed by atoms with Crippen molar-refractivity contribution >= 4 is 27.3 Å². The Balaban J connectivity index is 2.27. The summed E-state index contributed by atoms with van der Waals surface area (Å²) in [6.45, 7) is 1.08. The van der Waals surface area contributed by atoms with Gasteiger partial charge in [-0.3, -0.25) is 10.1 Å². The number of aromatic nitrogens is 2. The number of hydrazine groups is 1. The first-order valence-corrected chi connectivity index (χ1v) is 7.85. The number of rotatable bonds is 4. The van der Waals surface area contributed by atoms with Crippen LogP contribution in [-0.2, 0) is 10.0 Å². The molecule has 0 bridgehead atoms. The molecule has 1 aromatic heterocycles. The van der Waals surface area contributed by atoms with Gasteiger partial charge in [0.1, 0.15) is 6.33 Å². The van der Waals surface area contributed by atoms with Gasteiger partial charge < -0.3 is 10.3 Å². The number of hydrogen-bond donors (Lipinski definition) is 2. The molecule has 0 amide bonds. The zero-order valence-corrected chi connectivity index (χ0v) is 12.1. The Labute approximate surface area is 120 Å². The van der Waals surface area contributed by atoms with E-state index in [0.29, 0.717) is 13.1 Å². The molecular formula is C9H15N7O4S. The average molecular weight is 317 g/mol. The van der Waals surface area contributed by atoms with Crippen LogP contribution in [-0.4, -0.2) is 60.0 Å². The number of hydrogen-bond acceptors (Lipinski definition) is 9. The van der Waals surface area contributed by atoms with Crippen molar-refractivity contribution < 1.29 is 13.3 Å². The number of nitrogen functional groups attached to an aromatic ring is 1. The fourth-order valence-electron chi connectivity index (χ4n) is 2.11. The maximum atomic E-state index is 11.5. The quantitative estimate of drug-likeness (QED) is 0.395. The molecule has 12 heteroatoms. The molecule has 0 aliphatic carbocycles. The second kappa shape index (κ2) is 5.75. The van der Waals surface area contributed by atoms with Gasteiger partial charge in [0, 0.05) is 26.2 Å². The zero-order chi connectivity index (χ0) is 15.6. The highest BCUT2D eigenvalue weighted by molar-refractivity contribution is 7.88. The first-order valence-electron chi connectivity index (χ1n) is 6.00. The largest absolute Gasteiger partial charge is 0.354 e. The molecule has 116 valence electrons. The van der Waals surface area contributed by atoms with Gasteiger partial charge in [0.25, 0.3) is 0 Å². The van der Waals surface area contributed by atoms with Crippen LogP contribution in [0.5, 0.6) is 0 Å². The summed E-state index contributed by atoms with van der Waals surface area (Å²) in [7, 11) is -3.26. The number of nitrogens with two attached hydrogens (primary N) is 1. The monoisotopic (exact) mass is 317 g/mol. The lowest BCUT2D eigenvalue weighted by molar-refractivity contribution is -0.383. The minimum atomic E-state index is -3.26. The van der Waals surface area contributed by atoms with Crippen molar-refractivity contribution in [1.82, 2.24) is 14.3 Å². The van der Waals surface area contributed by atoms with Gasteiger partial charge in [0.2, 0.25) is 21.7 Å². The number of nitrogens with zero attached hydrogens (tertiary/aromatic N) is 5. The van der Waals surface area contributed by atoms with Gasteiger partial charge in [-0.25, -0.2) is 24.2 Å². The molecule has 1 aliphatic heterocycles. The molecule has 0 unspecified atom stereocenters. The first kappa shape index (κ1) is 15.3. The van der Waals surface area contributed by atoms with Gasteiger partial charge in [-0.1, -0.05) is 0 Å². The highest BCUT2D eigenvalue weighted by Gasteiger charge is 2.30. The lowest BCUT2D eigenvalue weighted by atomic mass is 10.3. The number of nitrogens with one attached hydrogen (secondary N) is 1. The average Bonchev–Trinajstić information content (AvgIpc) is 2.45. The Morgan fingerprint density at radius 3 is 2.43 bits per heavy atom. The third-order valence-electron chi connectivity index (χ3n) is 3.13. The van der Waals surface area contributed by atoms with E-state index in [2.05, 4.69) is 15.4 Å². The number of sulfonamides is 1. The summed E-state index contributed by atoms with van der Waals surface area (Å²) in [4.78, 5) is 19.8. The Hall–Kier alpha value is -2.05. The predicted molar refractivity (Wildman–Crippen MR) is 75.1 cm³/mol. The van der Waals surface area contributed by atoms with Crippen molar-refractivity contribution in [2.75, 3.05) is 42.8 Å².